The summed E-state index contributed by atoms with van der Waals surface area (Å²) in [6.45, 7) is 13.5. The van der Waals surface area contributed by atoms with Crippen LogP contribution in [-0.4, -0.2) is 0 Å². The summed E-state index contributed by atoms with van der Waals surface area (Å²) < 4.78 is 0. The third kappa shape index (κ3) is 7.44. The van der Waals surface area contributed by atoms with Gasteiger partial charge in [-0.15, -0.1) is 0 Å². The summed E-state index contributed by atoms with van der Waals surface area (Å²) in [5, 5.41) is 0. The second-order valence-electron chi connectivity index (χ2n) is 6.48. The summed E-state index contributed by atoms with van der Waals surface area (Å²) in [5.41, 5.74) is 0. The molecule has 0 unspecified atom stereocenters. The molecular formula is C18H38. The van der Waals surface area contributed by atoms with Crippen molar-refractivity contribution in [3.63, 3.8) is 0 Å². The quantitative estimate of drug-likeness (QED) is 0.451. The zero-order chi connectivity index (χ0) is 14.0. The molecule has 0 heteroatoms. The van der Waals surface area contributed by atoms with Crippen molar-refractivity contribution < 1.29 is 0 Å². The average molecular weight is 255 g/mol. The molecule has 0 spiro atoms. The summed E-state index contributed by atoms with van der Waals surface area (Å²) in [7, 11) is 0. The lowest BCUT2D eigenvalue weighted by molar-refractivity contribution is 0.277. The Kier molecular flexibility index (Phi) is 10.9. The minimum atomic E-state index is 1.00. The van der Waals surface area contributed by atoms with Crippen molar-refractivity contribution in [3.05, 3.63) is 0 Å². The van der Waals surface area contributed by atoms with Gasteiger partial charge in [-0.1, -0.05) is 92.9 Å². The largest absolute Gasteiger partial charge is 0.0683 e. The Labute approximate surface area is 117 Å². The first-order chi connectivity index (χ1) is 8.61. The molecule has 4 atom stereocenters. The predicted molar refractivity (Wildman–Crippen MR) is 84.9 cm³/mol. The van der Waals surface area contributed by atoms with Gasteiger partial charge < -0.3 is 0 Å². The fraction of sp³-hybridized carbons (Fsp3) is 1.00. The summed E-state index contributed by atoms with van der Waals surface area (Å²) in [6.07, 6.45) is 11.8. The van der Waals surface area contributed by atoms with Crippen LogP contribution < -0.4 is 0 Å². The third-order valence-electron chi connectivity index (χ3n) is 5.08. The molecule has 0 amide bonds. The topological polar surface area (TPSA) is 0 Å². The maximum Gasteiger partial charge on any atom is -0.0417 e. The summed E-state index contributed by atoms with van der Waals surface area (Å²) in [4.78, 5) is 0. The van der Waals surface area contributed by atoms with Crippen molar-refractivity contribution in [1.82, 2.24) is 0 Å². The Bertz CT molecular complexity index is 133. The van der Waals surface area contributed by atoms with Crippen molar-refractivity contribution in [2.24, 2.45) is 23.7 Å². The van der Waals surface area contributed by atoms with Crippen LogP contribution in [-0.2, 0) is 0 Å². The number of hydrogen-bond acceptors (Lipinski definition) is 0. The molecule has 2 aliphatic carbocycles. The van der Waals surface area contributed by atoms with Crippen molar-refractivity contribution in [2.45, 2.75) is 92.9 Å². The van der Waals surface area contributed by atoms with Crippen LogP contribution in [0.3, 0.4) is 0 Å². The number of hydrogen-bond donors (Lipinski definition) is 0. The van der Waals surface area contributed by atoms with Crippen molar-refractivity contribution >= 4 is 0 Å². The van der Waals surface area contributed by atoms with Gasteiger partial charge in [-0.2, -0.15) is 0 Å². The molecule has 0 radical (unpaired) electrons. The first-order valence-corrected chi connectivity index (χ1v) is 8.61. The van der Waals surface area contributed by atoms with E-state index in [1.165, 1.54) is 51.4 Å². The Morgan fingerprint density at radius 3 is 0.722 bits per heavy atom. The van der Waals surface area contributed by atoms with Crippen LogP contribution in [0.15, 0.2) is 0 Å². The second-order valence-corrected chi connectivity index (χ2v) is 6.48. The lowest BCUT2D eigenvalue weighted by Gasteiger charge is -2.24. The molecule has 0 aromatic rings. The molecule has 0 bridgehead atoms. The minimum Gasteiger partial charge on any atom is -0.0683 e. The van der Waals surface area contributed by atoms with E-state index in [0.29, 0.717) is 0 Å². The lowest BCUT2D eigenvalue weighted by Crippen LogP contribution is -2.12. The normalized spacial score (nSPS) is 35.7. The van der Waals surface area contributed by atoms with Gasteiger partial charge in [0.15, 0.2) is 0 Å². The van der Waals surface area contributed by atoms with Crippen LogP contribution in [0.25, 0.3) is 0 Å². The van der Waals surface area contributed by atoms with Crippen LogP contribution in [0.2, 0.25) is 0 Å². The Balaban J connectivity index is 0.000000283. The fourth-order valence-corrected chi connectivity index (χ4v) is 3.00. The van der Waals surface area contributed by atoms with Crippen molar-refractivity contribution in [1.29, 1.82) is 0 Å². The highest BCUT2D eigenvalue weighted by atomic mass is 14.2. The minimum absolute atomic E-state index is 1.00. The predicted octanol–water partition coefficient (Wildman–Crippen LogP) is 6.69. The monoisotopic (exact) mass is 254 g/mol. The van der Waals surface area contributed by atoms with E-state index < -0.39 is 0 Å². The van der Waals surface area contributed by atoms with Gasteiger partial charge in [0.05, 0.1) is 0 Å². The highest BCUT2D eigenvalue weighted by Gasteiger charge is 2.16. The van der Waals surface area contributed by atoms with Gasteiger partial charge in [-0.3, -0.25) is 0 Å². The molecule has 0 saturated heterocycles. The molecule has 2 saturated carbocycles. The number of rotatable bonds is 0. The third-order valence-corrected chi connectivity index (χ3v) is 5.08. The van der Waals surface area contributed by atoms with Crippen LogP contribution in [0.4, 0.5) is 0 Å². The molecule has 2 rings (SSSR count). The standard InChI is InChI=1S/2C8H16.C2H6/c2*1-7-5-3-4-6-8(7)2;1-2/h2*7-8H,3-6H2,1-2H3;1-2H3/t2*7-,8-;/m00./s1. The van der Waals surface area contributed by atoms with Gasteiger partial charge in [0.1, 0.15) is 0 Å². The molecule has 0 nitrogen and oxygen atoms in total. The van der Waals surface area contributed by atoms with Gasteiger partial charge in [-0.25, -0.2) is 0 Å². The highest BCUT2D eigenvalue weighted by molar-refractivity contribution is 4.68. The van der Waals surface area contributed by atoms with E-state index in [1.807, 2.05) is 13.8 Å². The summed E-state index contributed by atoms with van der Waals surface area (Å²) >= 11 is 0. The molecule has 0 aromatic carbocycles. The van der Waals surface area contributed by atoms with Crippen molar-refractivity contribution in [3.8, 4) is 0 Å². The van der Waals surface area contributed by atoms with Crippen LogP contribution in [0.1, 0.15) is 92.9 Å². The smallest absolute Gasteiger partial charge is 0.0417 e. The second kappa shape index (κ2) is 10.9. The van der Waals surface area contributed by atoms with E-state index in [1.54, 1.807) is 0 Å². The Morgan fingerprint density at radius 1 is 0.444 bits per heavy atom. The molecule has 110 valence electrons. The first kappa shape index (κ1) is 18.0. The van der Waals surface area contributed by atoms with E-state index in [2.05, 4.69) is 27.7 Å². The van der Waals surface area contributed by atoms with Gasteiger partial charge in [0.2, 0.25) is 0 Å². The van der Waals surface area contributed by atoms with Gasteiger partial charge in [0.25, 0.3) is 0 Å². The maximum absolute atomic E-state index is 2.38. The van der Waals surface area contributed by atoms with Crippen molar-refractivity contribution in [2.75, 3.05) is 0 Å². The molecule has 2 aliphatic rings. The Hall–Kier alpha value is 0. The molecule has 18 heavy (non-hydrogen) atoms. The molecule has 0 aromatic heterocycles. The van der Waals surface area contributed by atoms with E-state index in [0.717, 1.165) is 23.7 Å². The van der Waals surface area contributed by atoms with E-state index >= 15 is 0 Å². The maximum atomic E-state index is 2.38. The molecular weight excluding hydrogens is 216 g/mol. The van der Waals surface area contributed by atoms with Crippen LogP contribution in [0.5, 0.6) is 0 Å². The lowest BCUT2D eigenvalue weighted by atomic mass is 9.82. The van der Waals surface area contributed by atoms with Gasteiger partial charge in [0, 0.05) is 0 Å². The molecule has 2 fully saturated rings. The van der Waals surface area contributed by atoms with Gasteiger partial charge in [-0.05, 0) is 23.7 Å². The van der Waals surface area contributed by atoms with Crippen LogP contribution in [0, 0.1) is 23.7 Å². The first-order valence-electron chi connectivity index (χ1n) is 8.61. The zero-order valence-electron chi connectivity index (χ0n) is 14.0. The molecule has 0 N–H and O–H groups in total. The van der Waals surface area contributed by atoms with E-state index in [-0.39, 0.29) is 0 Å². The summed E-state index contributed by atoms with van der Waals surface area (Å²) in [6, 6.07) is 0. The van der Waals surface area contributed by atoms with Gasteiger partial charge >= 0.3 is 0 Å². The zero-order valence-corrected chi connectivity index (χ0v) is 14.0. The molecule has 0 heterocycles. The fourth-order valence-electron chi connectivity index (χ4n) is 3.00. The summed E-state index contributed by atoms with van der Waals surface area (Å²) in [5.74, 6) is 4.01. The molecule has 0 aliphatic heterocycles. The Morgan fingerprint density at radius 2 is 0.611 bits per heavy atom. The van der Waals surface area contributed by atoms with E-state index in [9.17, 15) is 0 Å². The highest BCUT2D eigenvalue weighted by Crippen LogP contribution is 2.29. The van der Waals surface area contributed by atoms with Crippen LogP contribution >= 0.6 is 0 Å². The van der Waals surface area contributed by atoms with E-state index in [4.69, 9.17) is 0 Å². The average Bonchev–Trinajstić information content (AvgIpc) is 2.40. The SMILES string of the molecule is CC.C[C@H]1CCCC[C@@H]1C.C[C@H]1CCCC[C@@H]1C.